The summed E-state index contributed by atoms with van der Waals surface area (Å²) in [6.07, 6.45) is 2.25. The van der Waals surface area contributed by atoms with Crippen molar-refractivity contribution in [3.05, 3.63) is 77.6 Å². The van der Waals surface area contributed by atoms with Crippen LogP contribution in [-0.2, 0) is 9.59 Å². The van der Waals surface area contributed by atoms with E-state index in [1.807, 2.05) is 25.9 Å². The van der Waals surface area contributed by atoms with Crippen LogP contribution in [0.1, 0.15) is 30.5 Å². The summed E-state index contributed by atoms with van der Waals surface area (Å²) in [6, 6.07) is 9.46. The van der Waals surface area contributed by atoms with Crippen molar-refractivity contribution < 1.29 is 28.6 Å². The Morgan fingerprint density at radius 1 is 1.14 bits per heavy atom. The Labute approximate surface area is 205 Å². The van der Waals surface area contributed by atoms with E-state index < -0.39 is 23.5 Å². The molecule has 0 bridgehead atoms. The van der Waals surface area contributed by atoms with Gasteiger partial charge in [0, 0.05) is 12.1 Å². The van der Waals surface area contributed by atoms with Crippen molar-refractivity contribution in [3.8, 4) is 11.5 Å². The third-order valence-electron chi connectivity index (χ3n) is 5.60. The standard InChI is InChI=1S/C27H31FN2O5/c1-5-16-35-21-13-10-19(17-22(21)34-6-2)24-23(25(31)18-8-11-20(28)12-9-18)26(32)27(33)30(24)15-7-14-29(3)4/h5,8-13,17,24,31H,1,6-7,14-16H2,2-4H3. The van der Waals surface area contributed by atoms with Gasteiger partial charge in [0.25, 0.3) is 11.7 Å². The third kappa shape index (κ3) is 5.89. The number of ketones is 1. The zero-order valence-electron chi connectivity index (χ0n) is 20.3. The normalized spacial score (nSPS) is 17.2. The number of benzene rings is 2. The smallest absolute Gasteiger partial charge is 0.295 e. The molecule has 35 heavy (non-hydrogen) atoms. The summed E-state index contributed by atoms with van der Waals surface area (Å²) < 4.78 is 24.9. The average molecular weight is 483 g/mol. The molecule has 1 heterocycles. The molecule has 1 fully saturated rings. The number of amides is 1. The molecular formula is C27H31FN2O5. The van der Waals surface area contributed by atoms with Crippen LogP contribution in [0, 0.1) is 5.82 Å². The van der Waals surface area contributed by atoms with Crippen molar-refractivity contribution in [1.29, 1.82) is 0 Å². The van der Waals surface area contributed by atoms with E-state index in [9.17, 15) is 19.1 Å². The van der Waals surface area contributed by atoms with Crippen LogP contribution >= 0.6 is 0 Å². The summed E-state index contributed by atoms with van der Waals surface area (Å²) in [5, 5.41) is 11.1. The number of hydrogen-bond acceptors (Lipinski definition) is 6. The number of ether oxygens (including phenoxy) is 2. The quantitative estimate of drug-likeness (QED) is 0.224. The lowest BCUT2D eigenvalue weighted by Gasteiger charge is -2.26. The summed E-state index contributed by atoms with van der Waals surface area (Å²) in [6.45, 7) is 7.19. The van der Waals surface area contributed by atoms with E-state index in [1.54, 1.807) is 24.3 Å². The molecule has 0 saturated carbocycles. The van der Waals surface area contributed by atoms with Gasteiger partial charge in [-0.2, -0.15) is 0 Å². The van der Waals surface area contributed by atoms with Gasteiger partial charge in [-0.25, -0.2) is 4.39 Å². The zero-order valence-corrected chi connectivity index (χ0v) is 20.3. The van der Waals surface area contributed by atoms with Gasteiger partial charge in [0.2, 0.25) is 0 Å². The van der Waals surface area contributed by atoms with E-state index in [0.29, 0.717) is 43.2 Å². The third-order valence-corrected chi connectivity index (χ3v) is 5.60. The predicted molar refractivity (Wildman–Crippen MR) is 132 cm³/mol. The minimum absolute atomic E-state index is 0.0475. The molecule has 0 spiro atoms. The molecule has 1 unspecified atom stereocenters. The number of carbonyl (C=O) groups excluding carboxylic acids is 2. The molecule has 0 radical (unpaired) electrons. The van der Waals surface area contributed by atoms with Gasteiger partial charge in [-0.05, 0) is 75.9 Å². The molecule has 2 aromatic rings. The molecule has 0 aliphatic carbocycles. The van der Waals surface area contributed by atoms with Gasteiger partial charge in [0.15, 0.2) is 11.5 Å². The molecule has 1 aliphatic heterocycles. The van der Waals surface area contributed by atoms with Crippen molar-refractivity contribution in [2.24, 2.45) is 0 Å². The lowest BCUT2D eigenvalue weighted by molar-refractivity contribution is -0.139. The highest BCUT2D eigenvalue weighted by Crippen LogP contribution is 2.42. The first-order valence-corrected chi connectivity index (χ1v) is 11.5. The lowest BCUT2D eigenvalue weighted by Crippen LogP contribution is -2.32. The van der Waals surface area contributed by atoms with Crippen molar-refractivity contribution in [2.75, 3.05) is 40.4 Å². The molecule has 1 atom stereocenters. The molecule has 2 aromatic carbocycles. The van der Waals surface area contributed by atoms with Gasteiger partial charge < -0.3 is 24.4 Å². The highest BCUT2D eigenvalue weighted by Gasteiger charge is 2.46. The summed E-state index contributed by atoms with van der Waals surface area (Å²) in [5.74, 6) is -1.35. The number of likely N-dealkylation sites (tertiary alicyclic amines) is 1. The molecular weight excluding hydrogens is 451 g/mol. The Morgan fingerprint density at radius 3 is 2.49 bits per heavy atom. The second-order valence-corrected chi connectivity index (χ2v) is 8.40. The second-order valence-electron chi connectivity index (χ2n) is 8.40. The number of rotatable bonds is 11. The molecule has 1 amide bonds. The minimum Gasteiger partial charge on any atom is -0.507 e. The fraction of sp³-hybridized carbons (Fsp3) is 0.333. The Morgan fingerprint density at radius 2 is 1.86 bits per heavy atom. The fourth-order valence-electron chi connectivity index (χ4n) is 4.01. The monoisotopic (exact) mass is 482 g/mol. The average Bonchev–Trinajstić information content (AvgIpc) is 3.08. The van der Waals surface area contributed by atoms with Gasteiger partial charge in [0.1, 0.15) is 18.2 Å². The van der Waals surface area contributed by atoms with Gasteiger partial charge in [-0.1, -0.05) is 18.7 Å². The van der Waals surface area contributed by atoms with E-state index >= 15 is 0 Å². The molecule has 1 saturated heterocycles. The number of Topliss-reactive ketones (excluding diaryl/α,β-unsaturated/α-hetero) is 1. The van der Waals surface area contributed by atoms with Gasteiger partial charge in [-0.15, -0.1) is 0 Å². The maximum Gasteiger partial charge on any atom is 0.295 e. The van der Waals surface area contributed by atoms with E-state index in [-0.39, 0.29) is 23.5 Å². The maximum absolute atomic E-state index is 13.5. The molecule has 1 N–H and O–H groups in total. The Balaban J connectivity index is 2.12. The summed E-state index contributed by atoms with van der Waals surface area (Å²) in [5.41, 5.74) is 0.791. The largest absolute Gasteiger partial charge is 0.507 e. The summed E-state index contributed by atoms with van der Waals surface area (Å²) in [4.78, 5) is 29.7. The van der Waals surface area contributed by atoms with Crippen molar-refractivity contribution in [3.63, 3.8) is 0 Å². The predicted octanol–water partition coefficient (Wildman–Crippen LogP) is 4.16. The van der Waals surface area contributed by atoms with Crippen LogP contribution in [0.4, 0.5) is 4.39 Å². The van der Waals surface area contributed by atoms with Crippen LogP contribution in [-0.4, -0.2) is 67.0 Å². The first-order valence-electron chi connectivity index (χ1n) is 11.5. The zero-order chi connectivity index (χ0) is 25.5. The summed E-state index contributed by atoms with van der Waals surface area (Å²) in [7, 11) is 3.85. The van der Waals surface area contributed by atoms with E-state index in [4.69, 9.17) is 9.47 Å². The van der Waals surface area contributed by atoms with Crippen LogP contribution in [0.15, 0.2) is 60.7 Å². The second kappa shape index (κ2) is 11.7. The van der Waals surface area contributed by atoms with Gasteiger partial charge >= 0.3 is 0 Å². The lowest BCUT2D eigenvalue weighted by atomic mass is 9.95. The molecule has 0 aromatic heterocycles. The number of halogens is 1. The highest BCUT2D eigenvalue weighted by atomic mass is 19.1. The SMILES string of the molecule is C=CCOc1ccc(C2C(=C(O)c3ccc(F)cc3)C(=O)C(=O)N2CCCN(C)C)cc1OCC. The number of aliphatic hydroxyl groups excluding tert-OH is 1. The number of nitrogens with zero attached hydrogens (tertiary/aromatic N) is 2. The topological polar surface area (TPSA) is 79.3 Å². The van der Waals surface area contributed by atoms with Crippen molar-refractivity contribution >= 4 is 17.4 Å². The number of carbonyl (C=O) groups is 2. The fourth-order valence-corrected chi connectivity index (χ4v) is 4.01. The van der Waals surface area contributed by atoms with Crippen LogP contribution in [0.2, 0.25) is 0 Å². The van der Waals surface area contributed by atoms with E-state index in [2.05, 4.69) is 6.58 Å². The Hall–Kier alpha value is -3.65. The number of aliphatic hydroxyl groups is 1. The van der Waals surface area contributed by atoms with Gasteiger partial charge in [0.05, 0.1) is 18.2 Å². The molecule has 3 rings (SSSR count). The Kier molecular flexibility index (Phi) is 8.65. The van der Waals surface area contributed by atoms with Crippen LogP contribution < -0.4 is 9.47 Å². The number of hydrogen-bond donors (Lipinski definition) is 1. The van der Waals surface area contributed by atoms with Crippen LogP contribution in [0.3, 0.4) is 0 Å². The van der Waals surface area contributed by atoms with E-state index in [1.165, 1.54) is 29.2 Å². The Bertz CT molecular complexity index is 1110. The molecule has 8 heteroatoms. The first-order chi connectivity index (χ1) is 16.8. The molecule has 186 valence electrons. The molecule has 1 aliphatic rings. The highest BCUT2D eigenvalue weighted by molar-refractivity contribution is 6.46. The van der Waals surface area contributed by atoms with Crippen molar-refractivity contribution in [1.82, 2.24) is 9.80 Å². The first kappa shape index (κ1) is 26.0. The van der Waals surface area contributed by atoms with Crippen LogP contribution in [0.5, 0.6) is 11.5 Å². The van der Waals surface area contributed by atoms with E-state index in [0.717, 1.165) is 0 Å². The minimum atomic E-state index is -0.838. The van der Waals surface area contributed by atoms with Crippen LogP contribution in [0.25, 0.3) is 5.76 Å². The molecule has 7 nitrogen and oxygen atoms in total. The summed E-state index contributed by atoms with van der Waals surface area (Å²) >= 11 is 0. The maximum atomic E-state index is 13.5. The van der Waals surface area contributed by atoms with Gasteiger partial charge in [-0.3, -0.25) is 9.59 Å². The van der Waals surface area contributed by atoms with Crippen molar-refractivity contribution in [2.45, 2.75) is 19.4 Å².